The first-order valence-corrected chi connectivity index (χ1v) is 14.9. The number of piperidine rings is 1. The molecule has 4 heteroatoms. The Morgan fingerprint density at radius 1 is 1.03 bits per heavy atom. The lowest BCUT2D eigenvalue weighted by Gasteiger charge is -2.35. The third kappa shape index (κ3) is 8.25. The summed E-state index contributed by atoms with van der Waals surface area (Å²) in [4.78, 5) is 14.0. The number of aryl methyl sites for hydroxylation is 1. The van der Waals surface area contributed by atoms with E-state index < -0.39 is 5.97 Å². The van der Waals surface area contributed by atoms with Crippen LogP contribution in [-0.4, -0.2) is 30.8 Å². The molecular weight excluding hydrogens is 470 g/mol. The number of carboxylic acids is 1. The molecule has 4 nitrogen and oxygen atoms in total. The number of hydrogen-bond acceptors (Lipinski definition) is 3. The molecule has 0 spiro atoms. The van der Waals surface area contributed by atoms with Gasteiger partial charge in [0.2, 0.25) is 0 Å². The van der Waals surface area contributed by atoms with Gasteiger partial charge in [0, 0.05) is 18.8 Å². The van der Waals surface area contributed by atoms with E-state index in [2.05, 4.69) is 69.9 Å². The van der Waals surface area contributed by atoms with Crippen LogP contribution in [0.4, 0.5) is 5.69 Å². The van der Waals surface area contributed by atoms with E-state index in [1.54, 1.807) is 0 Å². The first kappa shape index (κ1) is 28.5. The summed E-state index contributed by atoms with van der Waals surface area (Å²) in [5.74, 6) is 1.87. The summed E-state index contributed by atoms with van der Waals surface area (Å²) in [6, 6.07) is 15.4. The van der Waals surface area contributed by atoms with Gasteiger partial charge >= 0.3 is 5.97 Å². The standard InChI is InChI=1S/C34H49NO3/c1-24(2)28-14-13-27(9-7-17-34(3,4)5)32(21-28)35-18-15-25(16-19-35)23-38-30-10-6-8-29(20-30)31(22-33(36)37)26-11-12-26/h6,8,10,13-14,20-21,24-26,31H,7,9,11-12,15-19,22-23H2,1-5H3,(H,36,37). The highest BCUT2D eigenvalue weighted by atomic mass is 16.5. The molecule has 0 amide bonds. The molecule has 1 unspecified atom stereocenters. The second-order valence-corrected chi connectivity index (χ2v) is 13.3. The summed E-state index contributed by atoms with van der Waals surface area (Å²) in [5, 5.41) is 9.37. The molecule has 2 aliphatic rings. The summed E-state index contributed by atoms with van der Waals surface area (Å²) < 4.78 is 6.28. The van der Waals surface area contributed by atoms with Gasteiger partial charge in [-0.15, -0.1) is 0 Å². The molecule has 4 rings (SSSR count). The van der Waals surface area contributed by atoms with Crippen LogP contribution in [0.25, 0.3) is 0 Å². The van der Waals surface area contributed by atoms with Crippen molar-refractivity contribution in [1.82, 2.24) is 0 Å². The van der Waals surface area contributed by atoms with E-state index in [1.165, 1.54) is 29.7 Å². The van der Waals surface area contributed by atoms with Gasteiger partial charge in [-0.25, -0.2) is 0 Å². The Morgan fingerprint density at radius 2 is 1.76 bits per heavy atom. The third-order valence-electron chi connectivity index (χ3n) is 8.46. The first-order chi connectivity index (χ1) is 18.1. The van der Waals surface area contributed by atoms with Crippen LogP contribution in [0, 0.1) is 17.3 Å². The van der Waals surface area contributed by atoms with Crippen molar-refractivity contribution in [1.29, 1.82) is 0 Å². The molecule has 0 radical (unpaired) electrons. The van der Waals surface area contributed by atoms with Crippen LogP contribution in [0.5, 0.6) is 5.75 Å². The smallest absolute Gasteiger partial charge is 0.303 e. The van der Waals surface area contributed by atoms with Crippen LogP contribution >= 0.6 is 0 Å². The molecule has 1 aliphatic heterocycles. The fourth-order valence-corrected chi connectivity index (χ4v) is 5.89. The number of benzene rings is 2. The second kappa shape index (κ2) is 12.6. The minimum Gasteiger partial charge on any atom is -0.493 e. The van der Waals surface area contributed by atoms with Crippen LogP contribution in [-0.2, 0) is 11.2 Å². The molecule has 1 N–H and O–H groups in total. The van der Waals surface area contributed by atoms with Crippen LogP contribution in [0.2, 0.25) is 0 Å². The van der Waals surface area contributed by atoms with Crippen molar-refractivity contribution < 1.29 is 14.6 Å². The Kier molecular flexibility index (Phi) is 9.44. The molecule has 1 atom stereocenters. The summed E-state index contributed by atoms with van der Waals surface area (Å²) in [5.41, 5.74) is 5.87. The summed E-state index contributed by atoms with van der Waals surface area (Å²) in [6.45, 7) is 14.4. The lowest BCUT2D eigenvalue weighted by molar-refractivity contribution is -0.137. The minimum absolute atomic E-state index is 0.110. The van der Waals surface area contributed by atoms with Crippen molar-refractivity contribution in [2.45, 2.75) is 97.8 Å². The number of rotatable bonds is 12. The Labute approximate surface area is 230 Å². The highest BCUT2D eigenvalue weighted by Crippen LogP contribution is 2.45. The van der Waals surface area contributed by atoms with Gasteiger partial charge in [0.1, 0.15) is 5.75 Å². The molecule has 38 heavy (non-hydrogen) atoms. The van der Waals surface area contributed by atoms with Crippen LogP contribution in [0.3, 0.4) is 0 Å². The quantitative estimate of drug-likeness (QED) is 0.306. The van der Waals surface area contributed by atoms with E-state index in [1.807, 2.05) is 12.1 Å². The maximum atomic E-state index is 11.4. The molecule has 1 aliphatic carbocycles. The molecule has 2 fully saturated rings. The maximum absolute atomic E-state index is 11.4. The Hall–Kier alpha value is -2.49. The van der Waals surface area contributed by atoms with Crippen molar-refractivity contribution in [2.75, 3.05) is 24.6 Å². The number of hydrogen-bond donors (Lipinski definition) is 1. The molecule has 1 saturated heterocycles. The van der Waals surface area contributed by atoms with Gasteiger partial charge in [0.15, 0.2) is 0 Å². The summed E-state index contributed by atoms with van der Waals surface area (Å²) in [6.07, 6.45) is 8.38. The summed E-state index contributed by atoms with van der Waals surface area (Å²) in [7, 11) is 0. The zero-order chi connectivity index (χ0) is 27.3. The monoisotopic (exact) mass is 519 g/mol. The van der Waals surface area contributed by atoms with Gasteiger partial charge in [0.05, 0.1) is 13.0 Å². The average molecular weight is 520 g/mol. The third-order valence-corrected chi connectivity index (χ3v) is 8.46. The van der Waals surface area contributed by atoms with Gasteiger partial charge in [-0.2, -0.15) is 0 Å². The predicted octanol–water partition coefficient (Wildman–Crippen LogP) is 8.44. The van der Waals surface area contributed by atoms with E-state index in [9.17, 15) is 9.90 Å². The zero-order valence-electron chi connectivity index (χ0n) is 24.3. The van der Waals surface area contributed by atoms with Crippen LogP contribution in [0.15, 0.2) is 42.5 Å². The number of ether oxygens (including phenoxy) is 1. The molecule has 208 valence electrons. The van der Waals surface area contributed by atoms with E-state index in [0.29, 0.717) is 23.2 Å². The number of carboxylic acid groups (broad SMARTS) is 1. The largest absolute Gasteiger partial charge is 0.493 e. The molecule has 0 bridgehead atoms. The number of aliphatic carboxylic acids is 1. The normalized spacial score (nSPS) is 17.6. The lowest BCUT2D eigenvalue weighted by atomic mass is 9.88. The second-order valence-electron chi connectivity index (χ2n) is 13.3. The number of nitrogens with zero attached hydrogens (tertiary/aromatic N) is 1. The molecule has 1 heterocycles. The molecule has 2 aromatic rings. The first-order valence-electron chi connectivity index (χ1n) is 14.9. The Bertz CT molecular complexity index is 1060. The van der Waals surface area contributed by atoms with E-state index >= 15 is 0 Å². The van der Waals surface area contributed by atoms with Gasteiger partial charge in [-0.1, -0.05) is 58.9 Å². The highest BCUT2D eigenvalue weighted by Gasteiger charge is 2.34. The van der Waals surface area contributed by atoms with Crippen molar-refractivity contribution in [3.05, 3.63) is 59.2 Å². The fourth-order valence-electron chi connectivity index (χ4n) is 5.89. The maximum Gasteiger partial charge on any atom is 0.303 e. The number of anilines is 1. The molecule has 1 saturated carbocycles. The van der Waals surface area contributed by atoms with E-state index in [0.717, 1.165) is 63.1 Å². The SMILES string of the molecule is CC(C)c1ccc(CCCC(C)(C)C)c(N2CCC(COc3cccc(C(CC(=O)O)C4CC4)c3)CC2)c1. The van der Waals surface area contributed by atoms with Crippen molar-refractivity contribution in [3.63, 3.8) is 0 Å². The topological polar surface area (TPSA) is 49.8 Å². The van der Waals surface area contributed by atoms with Gasteiger partial charge in [-0.05, 0) is 109 Å². The van der Waals surface area contributed by atoms with E-state index in [4.69, 9.17) is 4.74 Å². The van der Waals surface area contributed by atoms with Crippen molar-refractivity contribution in [3.8, 4) is 5.75 Å². The predicted molar refractivity (Wildman–Crippen MR) is 158 cm³/mol. The van der Waals surface area contributed by atoms with Crippen molar-refractivity contribution >= 4 is 11.7 Å². The van der Waals surface area contributed by atoms with Gasteiger partial charge in [0.25, 0.3) is 0 Å². The van der Waals surface area contributed by atoms with E-state index in [-0.39, 0.29) is 12.3 Å². The van der Waals surface area contributed by atoms with Gasteiger partial charge < -0.3 is 14.7 Å². The van der Waals surface area contributed by atoms with Crippen LogP contribution < -0.4 is 9.64 Å². The molecule has 2 aromatic carbocycles. The average Bonchev–Trinajstić information content (AvgIpc) is 3.71. The van der Waals surface area contributed by atoms with Crippen LogP contribution in [0.1, 0.15) is 108 Å². The van der Waals surface area contributed by atoms with Gasteiger partial charge in [-0.3, -0.25) is 4.79 Å². The van der Waals surface area contributed by atoms with Crippen molar-refractivity contribution in [2.24, 2.45) is 17.3 Å². The fraction of sp³-hybridized carbons (Fsp3) is 0.618. The Morgan fingerprint density at radius 3 is 2.39 bits per heavy atom. The molecule has 0 aromatic heterocycles. The number of carbonyl (C=O) groups is 1. The summed E-state index contributed by atoms with van der Waals surface area (Å²) >= 11 is 0. The molecular formula is C34H49NO3. The Balaban J connectivity index is 1.34. The minimum atomic E-state index is -0.712. The lowest BCUT2D eigenvalue weighted by Crippen LogP contribution is -2.36. The highest BCUT2D eigenvalue weighted by molar-refractivity contribution is 5.68. The zero-order valence-corrected chi connectivity index (χ0v) is 24.3.